The highest BCUT2D eigenvalue weighted by atomic mass is 32.2. The molecule has 2 aliphatic rings. The summed E-state index contributed by atoms with van der Waals surface area (Å²) < 4.78 is 31.5. The number of morpholine rings is 1. The van der Waals surface area contributed by atoms with Crippen LogP contribution in [0.15, 0.2) is 39.5 Å². The first-order valence-electron chi connectivity index (χ1n) is 7.69. The molecule has 3 rings (SSSR count). The molecule has 2 fully saturated rings. The average molecular weight is 386 g/mol. The van der Waals surface area contributed by atoms with Crippen molar-refractivity contribution >= 4 is 33.4 Å². The van der Waals surface area contributed by atoms with Crippen molar-refractivity contribution in [2.24, 2.45) is 10.3 Å². The van der Waals surface area contributed by atoms with Gasteiger partial charge in [0.1, 0.15) is 0 Å². The zero-order valence-electron chi connectivity index (χ0n) is 13.3. The SMILES string of the molecule is O=C(O)C1SCCN1S(=O)(=O)c1ccc(N=NN2CCOCC2)cc1. The molecule has 0 amide bonds. The summed E-state index contributed by atoms with van der Waals surface area (Å²) in [5, 5.41) is 18.0. The van der Waals surface area contributed by atoms with Gasteiger partial charge < -0.3 is 9.84 Å². The number of hydrogen-bond donors (Lipinski definition) is 1. The highest BCUT2D eigenvalue weighted by Gasteiger charge is 2.40. The van der Waals surface area contributed by atoms with E-state index in [1.165, 1.54) is 12.1 Å². The average Bonchev–Trinajstić information content (AvgIpc) is 3.12. The summed E-state index contributed by atoms with van der Waals surface area (Å²) in [6.45, 7) is 2.73. The third-order valence-corrected chi connectivity index (χ3v) is 6.98. The number of carboxylic acids is 1. The van der Waals surface area contributed by atoms with Crippen LogP contribution in [0.4, 0.5) is 5.69 Å². The standard InChI is InChI=1S/C14H18N4O5S2/c19-14(20)13-18(7-10-24-13)25(21,22)12-3-1-11(2-4-12)15-16-17-5-8-23-9-6-17/h1-4,13H,5-10H2,(H,19,20). The van der Waals surface area contributed by atoms with Crippen molar-refractivity contribution in [3.63, 3.8) is 0 Å². The Labute approximate surface area is 149 Å². The fourth-order valence-corrected chi connectivity index (χ4v) is 5.48. The van der Waals surface area contributed by atoms with Gasteiger partial charge in [0, 0.05) is 12.3 Å². The molecule has 2 saturated heterocycles. The Balaban J connectivity index is 1.72. The van der Waals surface area contributed by atoms with Crippen molar-refractivity contribution in [2.45, 2.75) is 10.3 Å². The minimum atomic E-state index is -3.85. The second kappa shape index (κ2) is 7.68. The van der Waals surface area contributed by atoms with E-state index in [0.29, 0.717) is 37.7 Å². The lowest BCUT2D eigenvalue weighted by molar-refractivity contribution is -0.138. The number of rotatable bonds is 5. The van der Waals surface area contributed by atoms with Crippen LogP contribution in [-0.4, -0.2) is 72.8 Å². The van der Waals surface area contributed by atoms with E-state index >= 15 is 0 Å². The van der Waals surface area contributed by atoms with E-state index in [1.807, 2.05) is 0 Å². The van der Waals surface area contributed by atoms with Crippen LogP contribution in [0.1, 0.15) is 0 Å². The lowest BCUT2D eigenvalue weighted by atomic mass is 10.3. The summed E-state index contributed by atoms with van der Waals surface area (Å²) in [5.74, 6) is -0.691. The number of sulfonamides is 1. The van der Waals surface area contributed by atoms with Crippen molar-refractivity contribution in [1.29, 1.82) is 0 Å². The van der Waals surface area contributed by atoms with Gasteiger partial charge in [0.15, 0.2) is 5.37 Å². The number of nitrogens with zero attached hydrogens (tertiary/aromatic N) is 4. The predicted molar refractivity (Wildman–Crippen MR) is 91.1 cm³/mol. The largest absolute Gasteiger partial charge is 0.479 e. The van der Waals surface area contributed by atoms with Crippen LogP contribution < -0.4 is 0 Å². The van der Waals surface area contributed by atoms with Crippen LogP contribution in [0, 0.1) is 0 Å². The first-order chi connectivity index (χ1) is 12.0. The Morgan fingerprint density at radius 3 is 2.52 bits per heavy atom. The number of aliphatic carboxylic acids is 1. The van der Waals surface area contributed by atoms with Gasteiger partial charge in [-0.1, -0.05) is 5.22 Å². The van der Waals surface area contributed by atoms with Gasteiger partial charge in [-0.2, -0.15) is 4.31 Å². The summed E-state index contributed by atoms with van der Waals surface area (Å²) in [5.41, 5.74) is 0.524. The van der Waals surface area contributed by atoms with E-state index in [1.54, 1.807) is 17.1 Å². The van der Waals surface area contributed by atoms with Gasteiger partial charge in [0.25, 0.3) is 0 Å². The summed E-state index contributed by atoms with van der Waals surface area (Å²) in [6.07, 6.45) is 0. The van der Waals surface area contributed by atoms with Crippen LogP contribution in [0.2, 0.25) is 0 Å². The molecule has 2 heterocycles. The molecule has 2 aliphatic heterocycles. The van der Waals surface area contributed by atoms with Crippen molar-refractivity contribution in [1.82, 2.24) is 9.31 Å². The van der Waals surface area contributed by atoms with Crippen LogP contribution in [-0.2, 0) is 19.6 Å². The molecule has 0 aromatic heterocycles. The van der Waals surface area contributed by atoms with Gasteiger partial charge in [-0.05, 0) is 24.3 Å². The van der Waals surface area contributed by atoms with Gasteiger partial charge in [0.05, 0.1) is 36.9 Å². The van der Waals surface area contributed by atoms with Gasteiger partial charge in [-0.25, -0.2) is 13.2 Å². The molecule has 1 atom stereocenters. The predicted octanol–water partition coefficient (Wildman–Crippen LogP) is 1.17. The smallest absolute Gasteiger partial charge is 0.332 e. The lowest BCUT2D eigenvalue weighted by Gasteiger charge is -2.22. The number of carboxylic acid groups (broad SMARTS) is 1. The summed E-state index contributed by atoms with van der Waals surface area (Å²) >= 11 is 1.11. The van der Waals surface area contributed by atoms with E-state index < -0.39 is 21.4 Å². The minimum Gasteiger partial charge on any atom is -0.479 e. The molecule has 0 aliphatic carbocycles. The summed E-state index contributed by atoms with van der Waals surface area (Å²) in [6, 6.07) is 5.95. The van der Waals surface area contributed by atoms with E-state index in [9.17, 15) is 13.2 Å². The van der Waals surface area contributed by atoms with Crippen molar-refractivity contribution < 1.29 is 23.1 Å². The summed E-state index contributed by atoms with van der Waals surface area (Å²) in [7, 11) is -3.85. The Morgan fingerprint density at radius 2 is 1.88 bits per heavy atom. The Hall–Kier alpha value is -1.69. The fraction of sp³-hybridized carbons (Fsp3) is 0.500. The molecule has 0 bridgehead atoms. The van der Waals surface area contributed by atoms with Gasteiger partial charge in [-0.3, -0.25) is 5.01 Å². The highest BCUT2D eigenvalue weighted by molar-refractivity contribution is 8.02. The molecule has 1 unspecified atom stereocenters. The van der Waals surface area contributed by atoms with Crippen molar-refractivity contribution in [2.75, 3.05) is 38.6 Å². The maximum atomic E-state index is 12.6. The maximum absolute atomic E-state index is 12.6. The Bertz CT molecular complexity index is 747. The quantitative estimate of drug-likeness (QED) is 0.756. The molecule has 0 saturated carbocycles. The van der Waals surface area contributed by atoms with Crippen LogP contribution in [0.25, 0.3) is 0 Å². The van der Waals surface area contributed by atoms with E-state index in [4.69, 9.17) is 9.84 Å². The zero-order valence-corrected chi connectivity index (χ0v) is 14.9. The molecule has 0 radical (unpaired) electrons. The maximum Gasteiger partial charge on any atom is 0.332 e. The second-order valence-electron chi connectivity index (χ2n) is 5.43. The molecule has 1 N–H and O–H groups in total. The third-order valence-electron chi connectivity index (χ3n) is 3.78. The normalized spacial score (nSPS) is 22.6. The first kappa shape index (κ1) is 18.1. The lowest BCUT2D eigenvalue weighted by Crippen LogP contribution is -2.39. The molecule has 9 nitrogen and oxygen atoms in total. The number of carbonyl (C=O) groups is 1. The van der Waals surface area contributed by atoms with Crippen LogP contribution in [0.3, 0.4) is 0 Å². The van der Waals surface area contributed by atoms with Crippen molar-refractivity contribution in [3.05, 3.63) is 24.3 Å². The Morgan fingerprint density at radius 1 is 1.20 bits per heavy atom. The molecule has 0 spiro atoms. The van der Waals surface area contributed by atoms with Crippen molar-refractivity contribution in [3.8, 4) is 0 Å². The molecule has 136 valence electrons. The Kier molecular flexibility index (Phi) is 5.57. The number of thioether (sulfide) groups is 1. The fourth-order valence-electron chi connectivity index (χ4n) is 2.47. The topological polar surface area (TPSA) is 112 Å². The molecule has 11 heteroatoms. The minimum absolute atomic E-state index is 0.0478. The van der Waals surface area contributed by atoms with Crippen LogP contribution >= 0.6 is 11.8 Å². The zero-order chi connectivity index (χ0) is 17.9. The first-order valence-corrected chi connectivity index (χ1v) is 10.2. The number of ether oxygens (including phenoxy) is 1. The number of hydrogen-bond acceptors (Lipinski definition) is 7. The molecular weight excluding hydrogens is 368 g/mol. The molecule has 1 aromatic rings. The molecule has 1 aromatic carbocycles. The van der Waals surface area contributed by atoms with Crippen LogP contribution in [0.5, 0.6) is 0 Å². The number of benzene rings is 1. The third kappa shape index (κ3) is 4.11. The van der Waals surface area contributed by atoms with Gasteiger partial charge in [-0.15, -0.1) is 16.9 Å². The van der Waals surface area contributed by atoms with E-state index in [0.717, 1.165) is 16.1 Å². The second-order valence-corrected chi connectivity index (χ2v) is 8.51. The van der Waals surface area contributed by atoms with Gasteiger partial charge in [0.2, 0.25) is 10.0 Å². The monoisotopic (exact) mass is 386 g/mol. The van der Waals surface area contributed by atoms with Gasteiger partial charge >= 0.3 is 5.97 Å². The van der Waals surface area contributed by atoms with E-state index in [2.05, 4.69) is 10.3 Å². The highest BCUT2D eigenvalue weighted by Crippen LogP contribution is 2.30. The molecular formula is C14H18N4O5S2. The van der Waals surface area contributed by atoms with E-state index in [-0.39, 0.29) is 11.4 Å². The summed E-state index contributed by atoms with van der Waals surface area (Å²) in [4.78, 5) is 11.3. The molecule has 25 heavy (non-hydrogen) atoms.